The monoisotopic (exact) mass is 462 g/mol. The van der Waals surface area contributed by atoms with Gasteiger partial charge in [-0.15, -0.1) is 0 Å². The van der Waals surface area contributed by atoms with Crippen molar-refractivity contribution in [2.75, 3.05) is 6.54 Å². The highest BCUT2D eigenvalue weighted by atomic mass is 127. The molecule has 2 aliphatic rings. The fourth-order valence-electron chi connectivity index (χ4n) is 3.43. The van der Waals surface area contributed by atoms with Gasteiger partial charge >= 0.3 is 5.97 Å². The minimum Gasteiger partial charge on any atom is -0.479 e. The van der Waals surface area contributed by atoms with Crippen molar-refractivity contribution in [2.24, 2.45) is 5.92 Å². The van der Waals surface area contributed by atoms with Crippen LogP contribution >= 0.6 is 22.6 Å². The molecule has 2 N–H and O–H groups in total. The van der Waals surface area contributed by atoms with Gasteiger partial charge in [-0.1, -0.05) is 31.9 Å². The Morgan fingerprint density at radius 2 is 2.00 bits per heavy atom. The number of allylic oxidation sites excluding steroid dienone is 1. The molecule has 3 atom stereocenters. The molecule has 7 heteroatoms. The molecule has 1 saturated heterocycles. The fourth-order valence-corrected chi connectivity index (χ4v) is 3.90. The molecule has 0 radical (unpaired) electrons. The number of hydrogen-bond acceptors (Lipinski definition) is 3. The normalized spacial score (nSPS) is 33.8. The van der Waals surface area contributed by atoms with Crippen LogP contribution in [-0.4, -0.2) is 43.9 Å². The Labute approximate surface area is 162 Å². The summed E-state index contributed by atoms with van der Waals surface area (Å²) in [5.41, 5.74) is 0. The molecule has 0 bridgehead atoms. The van der Waals surface area contributed by atoms with E-state index in [2.05, 4.69) is 5.32 Å². The van der Waals surface area contributed by atoms with Crippen LogP contribution in [0.15, 0.2) is 12.2 Å². The number of rotatable bonds is 1. The lowest BCUT2D eigenvalue weighted by atomic mass is 9.99. The standard InChI is InChI=1S/C18H27IN2O4/c1-13-9-6-4-2-3-5-7-11-15(22)21-12-8-10-14(21)16(23)20-18(13,19)17(24)25/h6,9,13-14H,2-5,7-8,10-12H2,1H3,(H,20,23)(H,24,25)/b9-6-/t13-,14-,18+/m0/s1. The Morgan fingerprint density at radius 1 is 1.28 bits per heavy atom. The molecule has 1 fully saturated rings. The van der Waals surface area contributed by atoms with Gasteiger partial charge in [0.25, 0.3) is 0 Å². The smallest absolute Gasteiger partial charge is 0.340 e. The maximum atomic E-state index is 12.7. The van der Waals surface area contributed by atoms with E-state index in [1.807, 2.05) is 34.7 Å². The third-order valence-electron chi connectivity index (χ3n) is 5.06. The largest absolute Gasteiger partial charge is 0.479 e. The van der Waals surface area contributed by atoms with Gasteiger partial charge in [-0.3, -0.25) is 9.59 Å². The molecule has 6 nitrogen and oxygen atoms in total. The zero-order valence-corrected chi connectivity index (χ0v) is 16.8. The number of carboxylic acids is 1. The number of hydrogen-bond donors (Lipinski definition) is 2. The second-order valence-corrected chi connectivity index (χ2v) is 8.62. The highest BCUT2D eigenvalue weighted by molar-refractivity contribution is 14.1. The van der Waals surface area contributed by atoms with Gasteiger partial charge in [0.1, 0.15) is 6.04 Å². The number of nitrogens with one attached hydrogen (secondary N) is 1. The lowest BCUT2D eigenvalue weighted by Crippen LogP contribution is -2.58. The Bertz CT molecular complexity index is 551. The van der Waals surface area contributed by atoms with Gasteiger partial charge in [0.15, 0.2) is 3.55 Å². The van der Waals surface area contributed by atoms with Gasteiger partial charge < -0.3 is 15.3 Å². The number of carbonyl (C=O) groups excluding carboxylic acids is 2. The summed E-state index contributed by atoms with van der Waals surface area (Å²) in [7, 11) is 0. The summed E-state index contributed by atoms with van der Waals surface area (Å²) in [6, 6.07) is -0.553. The van der Waals surface area contributed by atoms with E-state index >= 15 is 0 Å². The first kappa shape index (κ1) is 20.2. The third-order valence-corrected chi connectivity index (χ3v) is 6.77. The highest BCUT2D eigenvalue weighted by Crippen LogP contribution is 2.29. The Morgan fingerprint density at radius 3 is 2.72 bits per heavy atom. The van der Waals surface area contributed by atoms with E-state index < -0.39 is 15.6 Å². The van der Waals surface area contributed by atoms with Crippen LogP contribution in [0.1, 0.15) is 58.3 Å². The van der Waals surface area contributed by atoms with Crippen molar-refractivity contribution < 1.29 is 19.5 Å². The number of carboxylic acid groups (broad SMARTS) is 1. The number of alkyl halides is 1. The second kappa shape index (κ2) is 9.00. The zero-order valence-electron chi connectivity index (χ0n) is 14.7. The molecule has 140 valence electrons. The number of aliphatic carboxylic acids is 1. The molecule has 0 aromatic heterocycles. The summed E-state index contributed by atoms with van der Waals surface area (Å²) >= 11 is 1.81. The van der Waals surface area contributed by atoms with Crippen LogP contribution < -0.4 is 5.32 Å². The summed E-state index contributed by atoms with van der Waals surface area (Å²) in [4.78, 5) is 38.7. The molecule has 0 spiro atoms. The lowest BCUT2D eigenvalue weighted by Gasteiger charge is -2.32. The molecule has 2 rings (SSSR count). The van der Waals surface area contributed by atoms with Crippen molar-refractivity contribution in [2.45, 2.75) is 67.9 Å². The van der Waals surface area contributed by atoms with Gasteiger partial charge in [-0.25, -0.2) is 4.79 Å². The van der Waals surface area contributed by atoms with Gasteiger partial charge in [0, 0.05) is 18.9 Å². The van der Waals surface area contributed by atoms with E-state index in [1.165, 1.54) is 0 Å². The summed E-state index contributed by atoms with van der Waals surface area (Å²) in [6.07, 6.45) is 10.5. The Balaban J connectivity index is 2.24. The Hall–Kier alpha value is -1.12. The Kier molecular flexibility index (Phi) is 7.27. The van der Waals surface area contributed by atoms with E-state index in [0.29, 0.717) is 19.4 Å². The number of halogens is 1. The van der Waals surface area contributed by atoms with Crippen LogP contribution in [0.25, 0.3) is 0 Å². The number of fused-ring (bicyclic) bond motifs is 1. The molecule has 2 amide bonds. The van der Waals surface area contributed by atoms with Crippen molar-refractivity contribution in [3.8, 4) is 0 Å². The molecule has 0 unspecified atom stereocenters. The zero-order chi connectivity index (χ0) is 18.4. The molecule has 2 aliphatic heterocycles. The third kappa shape index (κ3) is 4.95. The maximum Gasteiger partial charge on any atom is 0.340 e. The molecule has 0 aromatic carbocycles. The number of nitrogens with zero attached hydrogens (tertiary/aromatic N) is 1. The van der Waals surface area contributed by atoms with Crippen LogP contribution in [0.2, 0.25) is 0 Å². The van der Waals surface area contributed by atoms with Crippen LogP contribution in [0.5, 0.6) is 0 Å². The minimum absolute atomic E-state index is 0.00748. The van der Waals surface area contributed by atoms with Crippen molar-refractivity contribution in [3.05, 3.63) is 12.2 Å². The summed E-state index contributed by atoms with van der Waals surface area (Å²) in [5, 5.41) is 12.4. The predicted octanol–water partition coefficient (Wildman–Crippen LogP) is 2.86. The summed E-state index contributed by atoms with van der Waals surface area (Å²) in [5.74, 6) is -1.78. The fraction of sp³-hybridized carbons (Fsp3) is 0.722. The number of carbonyl (C=O) groups is 3. The van der Waals surface area contributed by atoms with Crippen LogP contribution in [0, 0.1) is 5.92 Å². The number of amides is 2. The highest BCUT2D eigenvalue weighted by Gasteiger charge is 2.44. The summed E-state index contributed by atoms with van der Waals surface area (Å²) in [6.45, 7) is 2.38. The molecule has 0 aromatic rings. The van der Waals surface area contributed by atoms with E-state index in [0.717, 1.165) is 38.5 Å². The van der Waals surface area contributed by atoms with Gasteiger partial charge in [-0.2, -0.15) is 0 Å². The van der Waals surface area contributed by atoms with E-state index in [9.17, 15) is 19.5 Å². The topological polar surface area (TPSA) is 86.7 Å². The molecule has 2 heterocycles. The average molecular weight is 462 g/mol. The molecule has 25 heavy (non-hydrogen) atoms. The SMILES string of the molecule is C[C@H]1/C=C\CCCCCCC(=O)N2CCC[C@H]2C(=O)N[C@@]1(I)C(=O)O. The molecule has 0 saturated carbocycles. The van der Waals surface area contributed by atoms with Gasteiger partial charge in [-0.05, 0) is 54.7 Å². The first-order valence-electron chi connectivity index (χ1n) is 9.06. The lowest BCUT2D eigenvalue weighted by molar-refractivity contribution is -0.145. The van der Waals surface area contributed by atoms with Crippen molar-refractivity contribution in [1.29, 1.82) is 0 Å². The van der Waals surface area contributed by atoms with Crippen LogP contribution in [0.3, 0.4) is 0 Å². The second-order valence-electron chi connectivity index (χ2n) is 6.92. The van der Waals surface area contributed by atoms with Gasteiger partial charge in [0.05, 0.1) is 0 Å². The van der Waals surface area contributed by atoms with E-state index in [4.69, 9.17) is 0 Å². The summed E-state index contributed by atoms with van der Waals surface area (Å²) < 4.78 is -1.41. The molecular formula is C18H27IN2O4. The molecule has 0 aliphatic carbocycles. The average Bonchev–Trinajstić information content (AvgIpc) is 3.05. The predicted molar refractivity (Wildman–Crippen MR) is 103 cm³/mol. The maximum absolute atomic E-state index is 12.7. The molecular weight excluding hydrogens is 435 g/mol. The van der Waals surface area contributed by atoms with Crippen LogP contribution in [-0.2, 0) is 14.4 Å². The minimum atomic E-state index is -1.41. The van der Waals surface area contributed by atoms with E-state index in [-0.39, 0.29) is 17.7 Å². The van der Waals surface area contributed by atoms with E-state index in [1.54, 1.807) is 11.8 Å². The van der Waals surface area contributed by atoms with Crippen LogP contribution in [0.4, 0.5) is 0 Å². The van der Waals surface area contributed by atoms with Gasteiger partial charge in [0.2, 0.25) is 11.8 Å². The van der Waals surface area contributed by atoms with Crippen molar-refractivity contribution in [1.82, 2.24) is 10.2 Å². The first-order chi connectivity index (χ1) is 11.9. The first-order valence-corrected chi connectivity index (χ1v) is 10.1. The van der Waals surface area contributed by atoms with Crippen molar-refractivity contribution >= 4 is 40.4 Å². The van der Waals surface area contributed by atoms with Crippen molar-refractivity contribution in [3.63, 3.8) is 0 Å². The quantitative estimate of drug-likeness (QED) is 0.272.